The first kappa shape index (κ1) is 11.9. The van der Waals surface area contributed by atoms with Crippen LogP contribution in [0.4, 0.5) is 0 Å². The number of fused-ring (bicyclic) bond motifs is 1. The van der Waals surface area contributed by atoms with Gasteiger partial charge in [0.05, 0.1) is 17.9 Å². The molecule has 0 atom stereocenters. The molecule has 0 aliphatic heterocycles. The molecule has 5 heteroatoms. The van der Waals surface area contributed by atoms with E-state index in [1.165, 1.54) is 5.69 Å². The summed E-state index contributed by atoms with van der Waals surface area (Å²) in [6, 6.07) is 8.01. The topological polar surface area (TPSA) is 47.1 Å². The standard InChI is InChI=1S/C14H17N5/c1-12-13(19-9-3-2-5-14(19)17-12)11-15-7-10-18-8-4-6-16-18/h2-6,8-9,15H,7,10-11H2,1H3. The van der Waals surface area contributed by atoms with E-state index in [1.54, 1.807) is 6.20 Å². The summed E-state index contributed by atoms with van der Waals surface area (Å²) in [5, 5.41) is 7.61. The van der Waals surface area contributed by atoms with Crippen molar-refractivity contribution in [2.45, 2.75) is 20.0 Å². The van der Waals surface area contributed by atoms with E-state index >= 15 is 0 Å². The van der Waals surface area contributed by atoms with E-state index in [2.05, 4.69) is 32.9 Å². The summed E-state index contributed by atoms with van der Waals surface area (Å²) in [5.41, 5.74) is 3.30. The van der Waals surface area contributed by atoms with E-state index in [1.807, 2.05) is 35.1 Å². The summed E-state index contributed by atoms with van der Waals surface area (Å²) < 4.78 is 4.06. The van der Waals surface area contributed by atoms with Crippen molar-refractivity contribution in [3.8, 4) is 0 Å². The van der Waals surface area contributed by atoms with Crippen molar-refractivity contribution in [1.82, 2.24) is 24.5 Å². The molecule has 19 heavy (non-hydrogen) atoms. The van der Waals surface area contributed by atoms with E-state index < -0.39 is 0 Å². The van der Waals surface area contributed by atoms with Gasteiger partial charge < -0.3 is 9.72 Å². The van der Waals surface area contributed by atoms with E-state index in [0.29, 0.717) is 0 Å². The highest BCUT2D eigenvalue weighted by atomic mass is 15.3. The smallest absolute Gasteiger partial charge is 0.137 e. The number of rotatable bonds is 5. The average molecular weight is 255 g/mol. The van der Waals surface area contributed by atoms with Gasteiger partial charge in [0.15, 0.2) is 0 Å². The second kappa shape index (κ2) is 5.24. The molecule has 3 aromatic rings. The fourth-order valence-corrected chi connectivity index (χ4v) is 2.21. The lowest BCUT2D eigenvalue weighted by Crippen LogP contribution is -2.21. The molecule has 98 valence electrons. The zero-order valence-corrected chi connectivity index (χ0v) is 11.0. The van der Waals surface area contributed by atoms with Crippen LogP contribution >= 0.6 is 0 Å². The molecule has 0 unspecified atom stereocenters. The van der Waals surface area contributed by atoms with Crippen LogP contribution in [0.3, 0.4) is 0 Å². The summed E-state index contributed by atoms with van der Waals surface area (Å²) >= 11 is 0. The first-order chi connectivity index (χ1) is 9.34. The van der Waals surface area contributed by atoms with Gasteiger partial charge in [0.1, 0.15) is 5.65 Å². The number of nitrogens with one attached hydrogen (secondary N) is 1. The number of nitrogens with zero attached hydrogens (tertiary/aromatic N) is 4. The quantitative estimate of drug-likeness (QED) is 0.705. The van der Waals surface area contributed by atoms with Crippen LogP contribution in [0.1, 0.15) is 11.4 Å². The van der Waals surface area contributed by atoms with Crippen molar-refractivity contribution in [1.29, 1.82) is 0 Å². The Morgan fingerprint density at radius 1 is 1.21 bits per heavy atom. The van der Waals surface area contributed by atoms with Crippen molar-refractivity contribution >= 4 is 5.65 Å². The summed E-state index contributed by atoms with van der Waals surface area (Å²) in [7, 11) is 0. The number of aryl methyl sites for hydroxylation is 1. The summed E-state index contributed by atoms with van der Waals surface area (Å²) in [6.07, 6.45) is 5.83. The summed E-state index contributed by atoms with van der Waals surface area (Å²) in [5.74, 6) is 0. The lowest BCUT2D eigenvalue weighted by molar-refractivity contribution is 0.550. The Morgan fingerprint density at radius 3 is 3.00 bits per heavy atom. The Balaban J connectivity index is 1.63. The summed E-state index contributed by atoms with van der Waals surface area (Å²) in [6.45, 7) is 4.64. The van der Waals surface area contributed by atoms with Gasteiger partial charge in [-0.3, -0.25) is 4.68 Å². The first-order valence-electron chi connectivity index (χ1n) is 6.45. The maximum Gasteiger partial charge on any atom is 0.137 e. The maximum atomic E-state index is 4.55. The van der Waals surface area contributed by atoms with Crippen LogP contribution < -0.4 is 5.32 Å². The van der Waals surface area contributed by atoms with E-state index in [9.17, 15) is 0 Å². The molecule has 0 aliphatic carbocycles. The van der Waals surface area contributed by atoms with Gasteiger partial charge >= 0.3 is 0 Å². The lowest BCUT2D eigenvalue weighted by atomic mass is 10.3. The van der Waals surface area contributed by atoms with Crippen molar-refractivity contribution in [3.05, 3.63) is 54.2 Å². The van der Waals surface area contributed by atoms with Gasteiger partial charge in [-0.1, -0.05) is 6.07 Å². The highest BCUT2D eigenvalue weighted by Crippen LogP contribution is 2.11. The SMILES string of the molecule is Cc1nc2ccccn2c1CNCCn1cccn1. The highest BCUT2D eigenvalue weighted by molar-refractivity contribution is 5.42. The third kappa shape index (κ3) is 2.51. The zero-order chi connectivity index (χ0) is 13.1. The molecule has 5 nitrogen and oxygen atoms in total. The molecular formula is C14H17N5. The molecule has 0 saturated heterocycles. The fraction of sp³-hybridized carbons (Fsp3) is 0.286. The van der Waals surface area contributed by atoms with Crippen LogP contribution in [0.25, 0.3) is 5.65 Å². The normalized spacial score (nSPS) is 11.2. The largest absolute Gasteiger partial charge is 0.309 e. The van der Waals surface area contributed by atoms with Gasteiger partial charge in [-0.05, 0) is 25.1 Å². The molecule has 0 aliphatic rings. The molecule has 3 aromatic heterocycles. The highest BCUT2D eigenvalue weighted by Gasteiger charge is 2.06. The predicted octanol–water partition coefficient (Wildman–Crippen LogP) is 1.63. The third-order valence-electron chi connectivity index (χ3n) is 3.20. The van der Waals surface area contributed by atoms with Gasteiger partial charge in [-0.15, -0.1) is 0 Å². The molecule has 0 fully saturated rings. The number of pyridine rings is 1. The molecule has 0 radical (unpaired) electrons. The van der Waals surface area contributed by atoms with Gasteiger partial charge in [-0.2, -0.15) is 5.10 Å². The molecule has 0 amide bonds. The van der Waals surface area contributed by atoms with E-state index in [0.717, 1.165) is 31.0 Å². The van der Waals surface area contributed by atoms with Crippen LogP contribution in [0, 0.1) is 6.92 Å². The Kier molecular flexibility index (Phi) is 3.29. The Morgan fingerprint density at radius 2 is 2.16 bits per heavy atom. The van der Waals surface area contributed by atoms with Crippen molar-refractivity contribution in [3.63, 3.8) is 0 Å². The third-order valence-corrected chi connectivity index (χ3v) is 3.20. The van der Waals surface area contributed by atoms with E-state index in [-0.39, 0.29) is 0 Å². The fourth-order valence-electron chi connectivity index (χ4n) is 2.21. The number of imidazole rings is 1. The molecule has 3 heterocycles. The van der Waals surface area contributed by atoms with Crippen LogP contribution in [0.2, 0.25) is 0 Å². The second-order valence-corrected chi connectivity index (χ2v) is 4.52. The van der Waals surface area contributed by atoms with Crippen LogP contribution in [0.5, 0.6) is 0 Å². The van der Waals surface area contributed by atoms with Crippen molar-refractivity contribution in [2.24, 2.45) is 0 Å². The van der Waals surface area contributed by atoms with Crippen molar-refractivity contribution in [2.75, 3.05) is 6.54 Å². The maximum absolute atomic E-state index is 4.55. The molecule has 0 spiro atoms. The minimum Gasteiger partial charge on any atom is -0.309 e. The molecule has 0 saturated carbocycles. The van der Waals surface area contributed by atoms with E-state index in [4.69, 9.17) is 0 Å². The average Bonchev–Trinajstić information content (AvgIpc) is 3.02. The zero-order valence-electron chi connectivity index (χ0n) is 11.0. The minimum atomic E-state index is 0.818. The number of aromatic nitrogens is 4. The molecule has 0 aromatic carbocycles. The second-order valence-electron chi connectivity index (χ2n) is 4.52. The first-order valence-corrected chi connectivity index (χ1v) is 6.45. The van der Waals surface area contributed by atoms with Gasteiger partial charge in [0.25, 0.3) is 0 Å². The molecule has 0 bridgehead atoms. The van der Waals surface area contributed by atoms with Gasteiger partial charge in [0.2, 0.25) is 0 Å². The number of hydrogen-bond acceptors (Lipinski definition) is 3. The summed E-state index contributed by atoms with van der Waals surface area (Å²) in [4.78, 5) is 4.55. The lowest BCUT2D eigenvalue weighted by Gasteiger charge is -2.06. The number of hydrogen-bond donors (Lipinski definition) is 1. The predicted molar refractivity (Wildman–Crippen MR) is 73.9 cm³/mol. The van der Waals surface area contributed by atoms with Crippen LogP contribution in [0.15, 0.2) is 42.9 Å². The molecular weight excluding hydrogens is 238 g/mol. The molecule has 1 N–H and O–H groups in total. The van der Waals surface area contributed by atoms with Crippen LogP contribution in [-0.2, 0) is 13.1 Å². The Bertz CT molecular complexity index is 654. The van der Waals surface area contributed by atoms with Crippen LogP contribution in [-0.4, -0.2) is 25.7 Å². The Labute approximate surface area is 111 Å². The monoisotopic (exact) mass is 255 g/mol. The van der Waals surface area contributed by atoms with Crippen molar-refractivity contribution < 1.29 is 0 Å². The molecule has 3 rings (SSSR count). The van der Waals surface area contributed by atoms with Gasteiger partial charge in [-0.25, -0.2) is 4.98 Å². The minimum absolute atomic E-state index is 0.818. The Hall–Kier alpha value is -2.14. The van der Waals surface area contributed by atoms with Gasteiger partial charge in [0, 0.05) is 31.7 Å².